The lowest BCUT2D eigenvalue weighted by Crippen LogP contribution is -2.26. The van der Waals surface area contributed by atoms with Gasteiger partial charge in [0.1, 0.15) is 11.9 Å². The van der Waals surface area contributed by atoms with Crippen LogP contribution in [-0.4, -0.2) is 29.1 Å². The van der Waals surface area contributed by atoms with Gasteiger partial charge in [-0.2, -0.15) is 5.10 Å². The van der Waals surface area contributed by atoms with Gasteiger partial charge in [0.25, 0.3) is 0 Å². The van der Waals surface area contributed by atoms with E-state index in [4.69, 9.17) is 15.2 Å². The molecule has 2 aromatic rings. The van der Waals surface area contributed by atoms with Crippen LogP contribution in [0, 0.1) is 5.82 Å². The molecule has 0 atom stereocenters. The number of nitrogens with zero attached hydrogens (tertiary/aromatic N) is 2. The second-order valence-corrected chi connectivity index (χ2v) is 5.14. The van der Waals surface area contributed by atoms with Crippen molar-refractivity contribution in [3.63, 3.8) is 0 Å². The van der Waals surface area contributed by atoms with Crippen LogP contribution in [0.25, 0.3) is 11.1 Å². The summed E-state index contributed by atoms with van der Waals surface area (Å²) in [7, 11) is 1.75. The Hall–Kier alpha value is -2.08. The molecule has 0 amide bonds. The first-order chi connectivity index (χ1) is 10.1. The summed E-state index contributed by atoms with van der Waals surface area (Å²) in [6, 6.07) is 4.87. The molecule has 1 saturated heterocycles. The quantitative estimate of drug-likeness (QED) is 0.943. The minimum atomic E-state index is -0.387. The van der Waals surface area contributed by atoms with E-state index in [0.29, 0.717) is 30.2 Å². The molecule has 0 radical (unpaired) electrons. The van der Waals surface area contributed by atoms with Gasteiger partial charge in [-0.15, -0.1) is 0 Å². The minimum absolute atomic E-state index is 0.0163. The molecule has 1 fully saturated rings. The molecule has 0 unspecified atom stereocenters. The van der Waals surface area contributed by atoms with E-state index in [-0.39, 0.29) is 17.7 Å². The maximum atomic E-state index is 14.2. The summed E-state index contributed by atoms with van der Waals surface area (Å²) in [4.78, 5) is 0. The van der Waals surface area contributed by atoms with E-state index in [1.807, 2.05) is 0 Å². The molecule has 1 aromatic carbocycles. The molecular weight excluding hydrogens is 273 g/mol. The summed E-state index contributed by atoms with van der Waals surface area (Å²) in [6.45, 7) is 1.33. The lowest BCUT2D eigenvalue weighted by molar-refractivity contribution is 0.0240. The molecule has 2 heterocycles. The Morgan fingerprint density at radius 3 is 2.76 bits per heavy atom. The first-order valence-corrected chi connectivity index (χ1v) is 6.97. The van der Waals surface area contributed by atoms with Gasteiger partial charge in [0.15, 0.2) is 11.6 Å². The van der Waals surface area contributed by atoms with E-state index in [1.54, 1.807) is 30.1 Å². The van der Waals surface area contributed by atoms with Crippen molar-refractivity contribution in [2.45, 2.75) is 18.9 Å². The molecule has 1 aromatic heterocycles. The third kappa shape index (κ3) is 2.85. The van der Waals surface area contributed by atoms with Crippen molar-refractivity contribution in [1.29, 1.82) is 0 Å². The van der Waals surface area contributed by atoms with Crippen LogP contribution in [0.1, 0.15) is 12.8 Å². The zero-order valence-corrected chi connectivity index (χ0v) is 11.9. The SMILES string of the molecule is Cn1ncc(-c2ccc(OC3CCOCC3)c(F)c2)c1N. The third-order valence-electron chi connectivity index (χ3n) is 3.69. The van der Waals surface area contributed by atoms with E-state index in [9.17, 15) is 4.39 Å². The number of anilines is 1. The molecule has 112 valence electrons. The average molecular weight is 291 g/mol. The smallest absolute Gasteiger partial charge is 0.165 e. The Balaban J connectivity index is 1.81. The van der Waals surface area contributed by atoms with Crippen LogP contribution < -0.4 is 10.5 Å². The van der Waals surface area contributed by atoms with Crippen molar-refractivity contribution in [2.75, 3.05) is 18.9 Å². The zero-order valence-electron chi connectivity index (χ0n) is 11.9. The van der Waals surface area contributed by atoms with E-state index in [1.165, 1.54) is 6.07 Å². The highest BCUT2D eigenvalue weighted by atomic mass is 19.1. The second kappa shape index (κ2) is 5.73. The van der Waals surface area contributed by atoms with Crippen LogP contribution in [0.4, 0.5) is 10.2 Å². The van der Waals surface area contributed by atoms with E-state index < -0.39 is 0 Å². The molecule has 5 nitrogen and oxygen atoms in total. The highest BCUT2D eigenvalue weighted by Gasteiger charge is 2.18. The molecule has 1 aliphatic rings. The predicted molar refractivity (Wildman–Crippen MR) is 77.5 cm³/mol. The molecule has 0 aliphatic carbocycles. The highest BCUT2D eigenvalue weighted by molar-refractivity contribution is 5.73. The maximum Gasteiger partial charge on any atom is 0.165 e. The number of hydrogen-bond acceptors (Lipinski definition) is 4. The van der Waals surface area contributed by atoms with Crippen LogP contribution in [0.15, 0.2) is 24.4 Å². The Kier molecular flexibility index (Phi) is 3.79. The minimum Gasteiger partial charge on any atom is -0.487 e. The average Bonchev–Trinajstić information content (AvgIpc) is 2.82. The Morgan fingerprint density at radius 1 is 1.38 bits per heavy atom. The number of aryl methyl sites for hydroxylation is 1. The van der Waals surface area contributed by atoms with Crippen molar-refractivity contribution < 1.29 is 13.9 Å². The summed E-state index contributed by atoms with van der Waals surface area (Å²) in [5, 5.41) is 4.06. The van der Waals surface area contributed by atoms with E-state index in [2.05, 4.69) is 5.10 Å². The molecule has 1 aliphatic heterocycles. The van der Waals surface area contributed by atoms with Gasteiger partial charge in [-0.25, -0.2) is 4.39 Å². The normalized spacial score (nSPS) is 16.1. The molecule has 0 saturated carbocycles. The van der Waals surface area contributed by atoms with Crippen molar-refractivity contribution in [2.24, 2.45) is 7.05 Å². The number of hydrogen-bond donors (Lipinski definition) is 1. The fourth-order valence-corrected chi connectivity index (χ4v) is 2.41. The molecule has 0 spiro atoms. The number of nitrogen functional groups attached to an aromatic ring is 1. The van der Waals surface area contributed by atoms with Crippen LogP contribution in [-0.2, 0) is 11.8 Å². The molecule has 0 bridgehead atoms. The van der Waals surface area contributed by atoms with Crippen LogP contribution in [0.5, 0.6) is 5.75 Å². The van der Waals surface area contributed by atoms with Crippen molar-refractivity contribution in [3.05, 3.63) is 30.2 Å². The number of benzene rings is 1. The summed E-state index contributed by atoms with van der Waals surface area (Å²) < 4.78 is 26.7. The fraction of sp³-hybridized carbons (Fsp3) is 0.400. The van der Waals surface area contributed by atoms with Gasteiger partial charge in [-0.3, -0.25) is 4.68 Å². The van der Waals surface area contributed by atoms with Gasteiger partial charge in [0.2, 0.25) is 0 Å². The highest BCUT2D eigenvalue weighted by Crippen LogP contribution is 2.30. The van der Waals surface area contributed by atoms with Crippen LogP contribution >= 0.6 is 0 Å². The number of nitrogens with two attached hydrogens (primary N) is 1. The molecular formula is C15H18FN3O2. The monoisotopic (exact) mass is 291 g/mol. The molecule has 2 N–H and O–H groups in total. The predicted octanol–water partition coefficient (Wildman–Crippen LogP) is 2.37. The first-order valence-electron chi connectivity index (χ1n) is 6.97. The Labute approximate surface area is 122 Å². The van der Waals surface area contributed by atoms with E-state index in [0.717, 1.165) is 12.8 Å². The summed E-state index contributed by atoms with van der Waals surface area (Å²) in [5.74, 6) is 0.392. The maximum absolute atomic E-state index is 14.2. The van der Waals surface area contributed by atoms with Gasteiger partial charge in [-0.05, 0) is 17.7 Å². The standard InChI is InChI=1S/C15H18FN3O2/c1-19-15(17)12(9-18-19)10-2-3-14(13(16)8-10)21-11-4-6-20-7-5-11/h2-3,8-9,11H,4-7,17H2,1H3. The largest absolute Gasteiger partial charge is 0.487 e. The number of rotatable bonds is 3. The second-order valence-electron chi connectivity index (χ2n) is 5.14. The van der Waals surface area contributed by atoms with Gasteiger partial charge in [0.05, 0.1) is 19.4 Å². The first kappa shape index (κ1) is 13.9. The van der Waals surface area contributed by atoms with Gasteiger partial charge >= 0.3 is 0 Å². The third-order valence-corrected chi connectivity index (χ3v) is 3.69. The molecule has 6 heteroatoms. The van der Waals surface area contributed by atoms with Crippen molar-refractivity contribution >= 4 is 5.82 Å². The zero-order chi connectivity index (χ0) is 14.8. The lowest BCUT2D eigenvalue weighted by Gasteiger charge is -2.23. The number of aromatic nitrogens is 2. The van der Waals surface area contributed by atoms with Crippen molar-refractivity contribution in [3.8, 4) is 16.9 Å². The van der Waals surface area contributed by atoms with Crippen molar-refractivity contribution in [1.82, 2.24) is 9.78 Å². The molecule has 3 rings (SSSR count). The van der Waals surface area contributed by atoms with Crippen LogP contribution in [0.3, 0.4) is 0 Å². The Bertz CT molecular complexity index is 636. The number of ether oxygens (including phenoxy) is 2. The molecule has 21 heavy (non-hydrogen) atoms. The summed E-state index contributed by atoms with van der Waals surface area (Å²) in [6.07, 6.45) is 3.22. The van der Waals surface area contributed by atoms with Crippen LogP contribution in [0.2, 0.25) is 0 Å². The van der Waals surface area contributed by atoms with Gasteiger partial charge < -0.3 is 15.2 Å². The summed E-state index contributed by atoms with van der Waals surface area (Å²) >= 11 is 0. The lowest BCUT2D eigenvalue weighted by atomic mass is 10.1. The van der Waals surface area contributed by atoms with Gasteiger partial charge in [0, 0.05) is 25.5 Å². The fourth-order valence-electron chi connectivity index (χ4n) is 2.41. The van der Waals surface area contributed by atoms with E-state index >= 15 is 0 Å². The number of halogens is 1. The van der Waals surface area contributed by atoms with Gasteiger partial charge in [-0.1, -0.05) is 6.07 Å². The topological polar surface area (TPSA) is 62.3 Å². The Morgan fingerprint density at radius 2 is 2.14 bits per heavy atom. The summed E-state index contributed by atoms with van der Waals surface area (Å²) in [5.41, 5.74) is 7.31.